The summed E-state index contributed by atoms with van der Waals surface area (Å²) in [5.74, 6) is 0.904. The number of rotatable bonds is 5. The average Bonchev–Trinajstić information content (AvgIpc) is 2.40. The summed E-state index contributed by atoms with van der Waals surface area (Å²) >= 11 is 7.59. The van der Waals surface area contributed by atoms with Gasteiger partial charge in [0.05, 0.1) is 0 Å². The van der Waals surface area contributed by atoms with Gasteiger partial charge >= 0.3 is 0 Å². The number of hydrogen-bond donors (Lipinski definition) is 1. The van der Waals surface area contributed by atoms with Crippen molar-refractivity contribution in [3.63, 3.8) is 0 Å². The van der Waals surface area contributed by atoms with Crippen molar-refractivity contribution in [2.24, 2.45) is 0 Å². The van der Waals surface area contributed by atoms with Gasteiger partial charge in [0.15, 0.2) is 0 Å². The minimum Gasteiger partial charge on any atom is -0.370 e. The van der Waals surface area contributed by atoms with Gasteiger partial charge in [-0.2, -0.15) is 0 Å². The van der Waals surface area contributed by atoms with Crippen molar-refractivity contribution < 1.29 is 0 Å². The van der Waals surface area contributed by atoms with E-state index < -0.39 is 0 Å². The highest BCUT2D eigenvalue weighted by molar-refractivity contribution is 7.99. The summed E-state index contributed by atoms with van der Waals surface area (Å²) in [6.07, 6.45) is 2.66. The second-order valence-corrected chi connectivity index (χ2v) is 5.64. The van der Waals surface area contributed by atoms with Crippen molar-refractivity contribution in [2.45, 2.75) is 30.2 Å². The van der Waals surface area contributed by atoms with Gasteiger partial charge in [-0.15, -0.1) is 0 Å². The smallest absolute Gasteiger partial charge is 0.133 e. The van der Waals surface area contributed by atoms with Crippen molar-refractivity contribution in [1.82, 2.24) is 9.97 Å². The lowest BCUT2D eigenvalue weighted by Gasteiger charge is -2.10. The van der Waals surface area contributed by atoms with Gasteiger partial charge in [-0.05, 0) is 31.5 Å². The van der Waals surface area contributed by atoms with E-state index in [2.05, 4.69) is 22.2 Å². The molecule has 1 heterocycles. The van der Waals surface area contributed by atoms with Gasteiger partial charge in [0.25, 0.3) is 0 Å². The van der Waals surface area contributed by atoms with Crippen molar-refractivity contribution in [3.05, 3.63) is 41.2 Å². The van der Waals surface area contributed by atoms with E-state index in [1.54, 1.807) is 18.1 Å². The monoisotopic (exact) mass is 293 g/mol. The number of hydrogen-bond acceptors (Lipinski definition) is 4. The Bertz CT molecular complexity index is 560. The first-order valence-electron chi connectivity index (χ1n) is 6.19. The molecule has 0 radical (unpaired) electrons. The summed E-state index contributed by atoms with van der Waals surface area (Å²) in [4.78, 5) is 9.69. The molecule has 1 aromatic carbocycles. The van der Waals surface area contributed by atoms with E-state index in [4.69, 9.17) is 11.6 Å². The molecular weight excluding hydrogens is 278 g/mol. The van der Waals surface area contributed by atoms with Crippen LogP contribution in [0.1, 0.15) is 18.9 Å². The fourth-order valence-electron chi connectivity index (χ4n) is 1.60. The normalized spacial score (nSPS) is 10.5. The third kappa shape index (κ3) is 3.85. The first-order valence-corrected chi connectivity index (χ1v) is 7.39. The third-order valence-electron chi connectivity index (χ3n) is 2.59. The van der Waals surface area contributed by atoms with Crippen LogP contribution >= 0.6 is 23.4 Å². The summed E-state index contributed by atoms with van der Waals surface area (Å²) in [5.41, 5.74) is 1.07. The SMILES string of the molecule is CCCNc1ncnc(Sc2cccc(Cl)c2)c1C. The van der Waals surface area contributed by atoms with Gasteiger partial charge in [-0.3, -0.25) is 0 Å². The molecule has 0 unspecified atom stereocenters. The Labute approximate surface area is 122 Å². The predicted octanol–water partition coefficient (Wildman–Crippen LogP) is 4.41. The number of anilines is 1. The Hall–Kier alpha value is -1.26. The van der Waals surface area contributed by atoms with Gasteiger partial charge < -0.3 is 5.32 Å². The Morgan fingerprint density at radius 3 is 2.89 bits per heavy atom. The second-order valence-electron chi connectivity index (χ2n) is 4.14. The summed E-state index contributed by atoms with van der Waals surface area (Å²) in [6, 6.07) is 7.77. The summed E-state index contributed by atoms with van der Waals surface area (Å²) in [5, 5.41) is 5.00. The highest BCUT2D eigenvalue weighted by atomic mass is 35.5. The molecule has 1 aromatic heterocycles. The lowest BCUT2D eigenvalue weighted by Crippen LogP contribution is -2.05. The number of halogens is 1. The maximum absolute atomic E-state index is 5.99. The van der Waals surface area contributed by atoms with Crippen LogP contribution in [-0.4, -0.2) is 16.5 Å². The molecule has 0 spiro atoms. The van der Waals surface area contributed by atoms with Crippen LogP contribution in [0.2, 0.25) is 5.02 Å². The Morgan fingerprint density at radius 1 is 1.32 bits per heavy atom. The largest absolute Gasteiger partial charge is 0.370 e. The minimum atomic E-state index is 0.737. The molecule has 0 amide bonds. The summed E-state index contributed by atoms with van der Waals surface area (Å²) in [6.45, 7) is 5.08. The number of aromatic nitrogens is 2. The zero-order chi connectivity index (χ0) is 13.7. The van der Waals surface area contributed by atoms with Crippen LogP contribution < -0.4 is 5.32 Å². The lowest BCUT2D eigenvalue weighted by molar-refractivity contribution is 0.938. The topological polar surface area (TPSA) is 37.8 Å². The molecule has 0 aliphatic carbocycles. The predicted molar refractivity (Wildman–Crippen MR) is 81.1 cm³/mol. The van der Waals surface area contributed by atoms with Gasteiger partial charge in [0.1, 0.15) is 17.2 Å². The molecule has 100 valence electrons. The van der Waals surface area contributed by atoms with Crippen molar-refractivity contribution >= 4 is 29.2 Å². The number of nitrogens with zero attached hydrogens (tertiary/aromatic N) is 2. The van der Waals surface area contributed by atoms with E-state index in [-0.39, 0.29) is 0 Å². The molecule has 0 aliphatic rings. The van der Waals surface area contributed by atoms with E-state index in [1.807, 2.05) is 31.2 Å². The molecular formula is C14H16ClN3S. The molecule has 0 fully saturated rings. The standard InChI is InChI=1S/C14H16ClN3S/c1-3-7-16-13-10(2)14(18-9-17-13)19-12-6-4-5-11(15)8-12/h4-6,8-9H,3,7H2,1-2H3,(H,16,17,18). The zero-order valence-electron chi connectivity index (χ0n) is 11.0. The second kappa shape index (κ2) is 6.78. The van der Waals surface area contributed by atoms with Crippen molar-refractivity contribution in [1.29, 1.82) is 0 Å². The van der Waals surface area contributed by atoms with Crippen LogP contribution in [0.5, 0.6) is 0 Å². The molecule has 0 bridgehead atoms. The molecule has 0 saturated heterocycles. The quantitative estimate of drug-likeness (QED) is 0.829. The van der Waals surface area contributed by atoms with Crippen LogP contribution in [-0.2, 0) is 0 Å². The average molecular weight is 294 g/mol. The highest BCUT2D eigenvalue weighted by Gasteiger charge is 2.08. The number of benzene rings is 1. The van der Waals surface area contributed by atoms with Crippen molar-refractivity contribution in [2.75, 3.05) is 11.9 Å². The Balaban J connectivity index is 2.20. The van der Waals surface area contributed by atoms with Crippen molar-refractivity contribution in [3.8, 4) is 0 Å². The van der Waals surface area contributed by atoms with Gasteiger partial charge in [-0.25, -0.2) is 9.97 Å². The molecule has 2 rings (SSSR count). The first-order chi connectivity index (χ1) is 9.20. The van der Waals surface area contributed by atoms with E-state index in [0.29, 0.717) is 0 Å². The Kier molecular flexibility index (Phi) is 5.05. The molecule has 0 atom stereocenters. The number of nitrogens with one attached hydrogen (secondary N) is 1. The highest BCUT2D eigenvalue weighted by Crippen LogP contribution is 2.31. The van der Waals surface area contributed by atoms with Crippen LogP contribution in [0.25, 0.3) is 0 Å². The third-order valence-corrected chi connectivity index (χ3v) is 3.92. The van der Waals surface area contributed by atoms with E-state index >= 15 is 0 Å². The molecule has 0 aliphatic heterocycles. The Morgan fingerprint density at radius 2 is 2.16 bits per heavy atom. The van der Waals surface area contributed by atoms with Crippen LogP contribution in [0, 0.1) is 6.92 Å². The first kappa shape index (κ1) is 14.2. The molecule has 0 saturated carbocycles. The van der Waals surface area contributed by atoms with Gasteiger partial charge in [-0.1, -0.05) is 36.4 Å². The van der Waals surface area contributed by atoms with E-state index in [9.17, 15) is 0 Å². The lowest BCUT2D eigenvalue weighted by atomic mass is 10.3. The molecule has 3 nitrogen and oxygen atoms in total. The van der Waals surface area contributed by atoms with Gasteiger partial charge in [0, 0.05) is 22.0 Å². The molecule has 19 heavy (non-hydrogen) atoms. The fourth-order valence-corrected chi connectivity index (χ4v) is 2.76. The van der Waals surface area contributed by atoms with E-state index in [0.717, 1.165) is 39.3 Å². The summed E-state index contributed by atoms with van der Waals surface area (Å²) < 4.78 is 0. The van der Waals surface area contributed by atoms with Crippen LogP contribution in [0.15, 0.2) is 40.5 Å². The van der Waals surface area contributed by atoms with E-state index in [1.165, 1.54) is 0 Å². The maximum Gasteiger partial charge on any atom is 0.133 e. The molecule has 5 heteroatoms. The zero-order valence-corrected chi connectivity index (χ0v) is 12.6. The van der Waals surface area contributed by atoms with Crippen LogP contribution in [0.4, 0.5) is 5.82 Å². The molecule has 2 aromatic rings. The fraction of sp³-hybridized carbons (Fsp3) is 0.286. The van der Waals surface area contributed by atoms with Crippen LogP contribution in [0.3, 0.4) is 0 Å². The maximum atomic E-state index is 5.99. The van der Waals surface area contributed by atoms with Gasteiger partial charge in [0.2, 0.25) is 0 Å². The summed E-state index contributed by atoms with van der Waals surface area (Å²) in [7, 11) is 0. The molecule has 1 N–H and O–H groups in total. The minimum absolute atomic E-state index is 0.737.